The van der Waals surface area contributed by atoms with Crippen LogP contribution in [0.4, 0.5) is 0 Å². The van der Waals surface area contributed by atoms with Crippen LogP contribution in [0.5, 0.6) is 0 Å². The number of carbonyl (C=O) groups is 1. The van der Waals surface area contributed by atoms with Crippen LogP contribution in [0.3, 0.4) is 0 Å². The zero-order valence-electron chi connectivity index (χ0n) is 13.5. The molecule has 1 aliphatic carbocycles. The van der Waals surface area contributed by atoms with Crippen LogP contribution in [-0.4, -0.2) is 24.4 Å². The zero-order valence-corrected chi connectivity index (χ0v) is 13.5. The van der Waals surface area contributed by atoms with Crippen LogP contribution < -0.4 is 5.73 Å². The summed E-state index contributed by atoms with van der Waals surface area (Å²) in [6, 6.07) is 8.59. The van der Waals surface area contributed by atoms with Crippen LogP contribution in [0.25, 0.3) is 0 Å². The van der Waals surface area contributed by atoms with Gasteiger partial charge < -0.3 is 10.6 Å². The minimum Gasteiger partial charge on any atom is -0.341 e. The number of nitrogens with two attached hydrogens (primary N) is 1. The molecule has 0 saturated heterocycles. The highest BCUT2D eigenvalue weighted by molar-refractivity contribution is 5.79. The summed E-state index contributed by atoms with van der Waals surface area (Å²) in [4.78, 5) is 14.4. The molecule has 0 heterocycles. The average molecular weight is 288 g/mol. The second-order valence-corrected chi connectivity index (χ2v) is 6.62. The van der Waals surface area contributed by atoms with Gasteiger partial charge in [0.15, 0.2) is 0 Å². The van der Waals surface area contributed by atoms with Crippen molar-refractivity contribution in [1.82, 2.24) is 4.90 Å². The van der Waals surface area contributed by atoms with Crippen LogP contribution in [0.15, 0.2) is 24.3 Å². The molecule has 2 N–H and O–H groups in total. The molecule has 1 aromatic rings. The first-order valence-corrected chi connectivity index (χ1v) is 8.06. The summed E-state index contributed by atoms with van der Waals surface area (Å²) in [5, 5.41) is 0. The van der Waals surface area contributed by atoms with E-state index in [2.05, 4.69) is 38.1 Å². The van der Waals surface area contributed by atoms with E-state index in [-0.39, 0.29) is 11.8 Å². The molecule has 2 atom stereocenters. The summed E-state index contributed by atoms with van der Waals surface area (Å²) in [6.07, 6.45) is 3.23. The number of carbonyl (C=O) groups excluding carboxylic acids is 1. The van der Waals surface area contributed by atoms with Gasteiger partial charge in [0.2, 0.25) is 5.91 Å². The van der Waals surface area contributed by atoms with Crippen molar-refractivity contribution in [3.63, 3.8) is 0 Å². The Bertz CT molecular complexity index is 467. The highest BCUT2D eigenvalue weighted by Crippen LogP contribution is 2.32. The summed E-state index contributed by atoms with van der Waals surface area (Å²) in [6.45, 7) is 5.70. The molecule has 1 amide bonds. The van der Waals surface area contributed by atoms with Gasteiger partial charge in [0.05, 0.1) is 0 Å². The van der Waals surface area contributed by atoms with Crippen molar-refractivity contribution in [2.45, 2.75) is 45.6 Å². The van der Waals surface area contributed by atoms with E-state index >= 15 is 0 Å². The molecular weight excluding hydrogens is 260 g/mol. The highest BCUT2D eigenvalue weighted by atomic mass is 16.2. The standard InChI is InChI=1S/C18H28N2O/c1-13(2)15-9-7-14(8-10-15)12-20(3)18(21)17-6-4-5-16(17)11-19/h7-10,13,16-17H,4-6,11-12,19H2,1-3H3. The van der Waals surface area contributed by atoms with Gasteiger partial charge in [-0.1, -0.05) is 44.5 Å². The summed E-state index contributed by atoms with van der Waals surface area (Å²) in [5.41, 5.74) is 8.32. The Labute approximate surface area is 128 Å². The SMILES string of the molecule is CC(C)c1ccc(CN(C)C(=O)C2CCCC2CN)cc1. The van der Waals surface area contributed by atoms with Gasteiger partial charge in [-0.05, 0) is 42.3 Å². The summed E-state index contributed by atoms with van der Waals surface area (Å²) < 4.78 is 0. The smallest absolute Gasteiger partial charge is 0.226 e. The maximum atomic E-state index is 12.6. The zero-order chi connectivity index (χ0) is 15.4. The molecule has 0 radical (unpaired) electrons. The number of benzene rings is 1. The van der Waals surface area contributed by atoms with E-state index in [4.69, 9.17) is 5.73 Å². The van der Waals surface area contributed by atoms with Gasteiger partial charge in [-0.2, -0.15) is 0 Å². The lowest BCUT2D eigenvalue weighted by Gasteiger charge is -2.24. The van der Waals surface area contributed by atoms with E-state index in [1.807, 2.05) is 11.9 Å². The molecule has 1 aliphatic rings. The first kappa shape index (κ1) is 16.0. The second-order valence-electron chi connectivity index (χ2n) is 6.62. The number of hydrogen-bond acceptors (Lipinski definition) is 2. The maximum absolute atomic E-state index is 12.6. The molecule has 3 nitrogen and oxygen atoms in total. The molecule has 3 heteroatoms. The Morgan fingerprint density at radius 3 is 2.52 bits per heavy atom. The quantitative estimate of drug-likeness (QED) is 0.904. The molecule has 116 valence electrons. The lowest BCUT2D eigenvalue weighted by Crippen LogP contribution is -2.36. The lowest BCUT2D eigenvalue weighted by atomic mass is 9.94. The van der Waals surface area contributed by atoms with Crippen LogP contribution >= 0.6 is 0 Å². The van der Waals surface area contributed by atoms with Gasteiger partial charge in [-0.3, -0.25) is 4.79 Å². The minimum absolute atomic E-state index is 0.134. The van der Waals surface area contributed by atoms with Gasteiger partial charge in [-0.15, -0.1) is 0 Å². The van der Waals surface area contributed by atoms with Gasteiger partial charge >= 0.3 is 0 Å². The molecule has 1 fully saturated rings. The molecular formula is C18H28N2O. The molecule has 2 rings (SSSR count). The Hall–Kier alpha value is -1.35. The third-order valence-corrected chi connectivity index (χ3v) is 4.72. The van der Waals surface area contributed by atoms with Crippen molar-refractivity contribution in [3.8, 4) is 0 Å². The third kappa shape index (κ3) is 3.85. The molecule has 0 aromatic heterocycles. The van der Waals surface area contributed by atoms with Crippen molar-refractivity contribution in [2.24, 2.45) is 17.6 Å². The molecule has 1 saturated carbocycles. The lowest BCUT2D eigenvalue weighted by molar-refractivity contribution is -0.135. The summed E-state index contributed by atoms with van der Waals surface area (Å²) in [5.74, 6) is 1.32. The van der Waals surface area contributed by atoms with Crippen LogP contribution in [0.1, 0.15) is 50.2 Å². The predicted molar refractivity (Wildman–Crippen MR) is 86.9 cm³/mol. The Morgan fingerprint density at radius 2 is 1.95 bits per heavy atom. The minimum atomic E-state index is 0.134. The normalized spacial score (nSPS) is 21.8. The average Bonchev–Trinajstić information content (AvgIpc) is 2.95. The summed E-state index contributed by atoms with van der Waals surface area (Å²) in [7, 11) is 1.91. The Morgan fingerprint density at radius 1 is 1.29 bits per heavy atom. The fraction of sp³-hybridized carbons (Fsp3) is 0.611. The number of amides is 1. The second kappa shape index (κ2) is 7.08. The predicted octanol–water partition coefficient (Wildman–Crippen LogP) is 3.14. The van der Waals surface area contributed by atoms with Gasteiger partial charge in [0.1, 0.15) is 0 Å². The van der Waals surface area contributed by atoms with Gasteiger partial charge in [0, 0.05) is 19.5 Å². The van der Waals surface area contributed by atoms with Gasteiger partial charge in [-0.25, -0.2) is 0 Å². The Balaban J connectivity index is 1.97. The molecule has 2 unspecified atom stereocenters. The number of rotatable bonds is 5. The van der Waals surface area contributed by atoms with Crippen LogP contribution in [-0.2, 0) is 11.3 Å². The maximum Gasteiger partial charge on any atom is 0.226 e. The fourth-order valence-corrected chi connectivity index (χ4v) is 3.29. The topological polar surface area (TPSA) is 46.3 Å². The van der Waals surface area contributed by atoms with Gasteiger partial charge in [0.25, 0.3) is 0 Å². The molecule has 0 spiro atoms. The van der Waals surface area contributed by atoms with Crippen molar-refractivity contribution in [1.29, 1.82) is 0 Å². The summed E-state index contributed by atoms with van der Waals surface area (Å²) >= 11 is 0. The highest BCUT2D eigenvalue weighted by Gasteiger charge is 2.33. The molecule has 1 aromatic carbocycles. The van der Waals surface area contributed by atoms with E-state index < -0.39 is 0 Å². The van der Waals surface area contributed by atoms with E-state index in [1.165, 1.54) is 11.1 Å². The van der Waals surface area contributed by atoms with E-state index in [9.17, 15) is 4.79 Å². The molecule has 0 bridgehead atoms. The third-order valence-electron chi connectivity index (χ3n) is 4.72. The first-order valence-electron chi connectivity index (χ1n) is 8.06. The number of nitrogens with zero attached hydrogens (tertiary/aromatic N) is 1. The van der Waals surface area contributed by atoms with Crippen molar-refractivity contribution in [2.75, 3.05) is 13.6 Å². The van der Waals surface area contributed by atoms with E-state index in [0.29, 0.717) is 24.9 Å². The molecule has 21 heavy (non-hydrogen) atoms. The van der Waals surface area contributed by atoms with Crippen LogP contribution in [0, 0.1) is 11.8 Å². The van der Waals surface area contributed by atoms with E-state index in [1.54, 1.807) is 0 Å². The van der Waals surface area contributed by atoms with Crippen LogP contribution in [0.2, 0.25) is 0 Å². The van der Waals surface area contributed by atoms with Crippen molar-refractivity contribution < 1.29 is 4.79 Å². The number of hydrogen-bond donors (Lipinski definition) is 1. The Kier molecular flexibility index (Phi) is 5.40. The molecule has 0 aliphatic heterocycles. The monoisotopic (exact) mass is 288 g/mol. The van der Waals surface area contributed by atoms with Crippen molar-refractivity contribution >= 4 is 5.91 Å². The first-order chi connectivity index (χ1) is 10.0. The van der Waals surface area contributed by atoms with E-state index in [0.717, 1.165) is 19.3 Å². The fourth-order valence-electron chi connectivity index (χ4n) is 3.29. The largest absolute Gasteiger partial charge is 0.341 e. The van der Waals surface area contributed by atoms with Crippen molar-refractivity contribution in [3.05, 3.63) is 35.4 Å².